The Morgan fingerprint density at radius 2 is 1.21 bits per heavy atom. The molecule has 0 N–H and O–H groups in total. The number of aryl methyl sites for hydroxylation is 1. The molecule has 1 nitrogen and oxygen atoms in total. The molecule has 3 heteroatoms. The van der Waals surface area contributed by atoms with Gasteiger partial charge in [0, 0.05) is 15.3 Å². The largest absolute Gasteiger partial charge is 0.308 e. The minimum Gasteiger partial charge on any atom is -0.308 e. The van der Waals surface area contributed by atoms with Crippen LogP contribution in [-0.4, -0.2) is 0 Å². The summed E-state index contributed by atoms with van der Waals surface area (Å²) in [5.74, 6) is 0. The Kier molecular flexibility index (Phi) is 3.88. The second kappa shape index (κ2) is 6.05. The van der Waals surface area contributed by atoms with Crippen molar-refractivity contribution in [1.29, 1.82) is 0 Å². The van der Waals surface area contributed by atoms with E-state index in [1.807, 2.05) is 72.8 Å². The molecule has 0 aliphatic carbocycles. The molecule has 0 saturated heterocycles. The van der Waals surface area contributed by atoms with E-state index in [1.165, 1.54) is 10.1 Å². The SMILES string of the molecule is Cc1c(P(=O)(c2ccccc2)c2ccccc2)sc2ccccc12. The average molecular weight is 348 g/mol. The first-order chi connectivity index (χ1) is 11.7. The molecule has 0 radical (unpaired) electrons. The highest BCUT2D eigenvalue weighted by molar-refractivity contribution is 7.89. The minimum atomic E-state index is -2.87. The maximum atomic E-state index is 14.4. The van der Waals surface area contributed by atoms with Gasteiger partial charge in [0.2, 0.25) is 0 Å². The summed E-state index contributed by atoms with van der Waals surface area (Å²) in [4.78, 5) is 0. The second-order valence-electron chi connectivity index (χ2n) is 5.81. The van der Waals surface area contributed by atoms with E-state index in [2.05, 4.69) is 19.1 Å². The highest BCUT2D eigenvalue weighted by Crippen LogP contribution is 2.47. The molecule has 0 unspecified atom stereocenters. The molecule has 4 aromatic rings. The van der Waals surface area contributed by atoms with Gasteiger partial charge < -0.3 is 4.57 Å². The number of rotatable bonds is 3. The molecule has 4 rings (SSSR count). The topological polar surface area (TPSA) is 17.1 Å². The quantitative estimate of drug-likeness (QED) is 0.484. The van der Waals surface area contributed by atoms with E-state index in [9.17, 15) is 4.57 Å². The van der Waals surface area contributed by atoms with Crippen molar-refractivity contribution >= 4 is 43.8 Å². The Hall–Kier alpha value is -2.15. The van der Waals surface area contributed by atoms with Crippen molar-refractivity contribution in [3.8, 4) is 0 Å². The Labute approximate surface area is 146 Å². The molecule has 1 heterocycles. The monoisotopic (exact) mass is 348 g/mol. The predicted molar refractivity (Wildman–Crippen MR) is 106 cm³/mol. The van der Waals surface area contributed by atoms with Crippen LogP contribution in [0.15, 0.2) is 84.9 Å². The molecule has 0 fully saturated rings. The molecule has 0 saturated carbocycles. The minimum absolute atomic E-state index is 0.894. The molecule has 118 valence electrons. The van der Waals surface area contributed by atoms with E-state index in [4.69, 9.17) is 0 Å². The summed E-state index contributed by atoms with van der Waals surface area (Å²) in [6.45, 7) is 2.09. The van der Waals surface area contributed by atoms with Crippen LogP contribution in [0.5, 0.6) is 0 Å². The van der Waals surface area contributed by atoms with Gasteiger partial charge in [0.1, 0.15) is 0 Å². The molecule has 3 aromatic carbocycles. The normalized spacial score (nSPS) is 11.7. The third-order valence-electron chi connectivity index (χ3n) is 4.34. The van der Waals surface area contributed by atoms with E-state index in [1.54, 1.807) is 11.3 Å². The fourth-order valence-electron chi connectivity index (χ4n) is 3.12. The van der Waals surface area contributed by atoms with Crippen LogP contribution in [0, 0.1) is 6.92 Å². The highest BCUT2D eigenvalue weighted by Gasteiger charge is 2.33. The van der Waals surface area contributed by atoms with E-state index in [-0.39, 0.29) is 0 Å². The van der Waals surface area contributed by atoms with Gasteiger partial charge >= 0.3 is 0 Å². The molecule has 0 amide bonds. The lowest BCUT2D eigenvalue weighted by Crippen LogP contribution is -2.24. The molecule has 1 aromatic heterocycles. The first-order valence-corrected chi connectivity index (χ1v) is 10.4. The number of benzene rings is 3. The molecule has 0 aliphatic rings. The first kappa shape index (κ1) is 15.4. The Morgan fingerprint density at radius 3 is 1.75 bits per heavy atom. The molecule has 0 spiro atoms. The van der Waals surface area contributed by atoms with Crippen LogP contribution in [0.25, 0.3) is 10.1 Å². The van der Waals surface area contributed by atoms with Gasteiger partial charge in [-0.2, -0.15) is 0 Å². The molecule has 0 bridgehead atoms. The van der Waals surface area contributed by atoms with E-state index >= 15 is 0 Å². The van der Waals surface area contributed by atoms with E-state index < -0.39 is 7.14 Å². The summed E-state index contributed by atoms with van der Waals surface area (Å²) < 4.78 is 16.6. The van der Waals surface area contributed by atoms with Crippen molar-refractivity contribution in [1.82, 2.24) is 0 Å². The number of fused-ring (bicyclic) bond motifs is 1. The average Bonchev–Trinajstić information content (AvgIpc) is 3.00. The van der Waals surface area contributed by atoms with Crippen molar-refractivity contribution in [3.05, 3.63) is 90.5 Å². The molecule has 0 atom stereocenters. The Balaban J connectivity index is 2.07. The van der Waals surface area contributed by atoms with Crippen LogP contribution < -0.4 is 15.2 Å². The van der Waals surface area contributed by atoms with Crippen LogP contribution in [0.4, 0.5) is 0 Å². The summed E-state index contributed by atoms with van der Waals surface area (Å²) in [5.41, 5.74) is 1.13. The predicted octanol–water partition coefficient (Wildman–Crippen LogP) is 4.85. The summed E-state index contributed by atoms with van der Waals surface area (Å²) in [6.07, 6.45) is 0. The van der Waals surface area contributed by atoms with Crippen LogP contribution in [0.2, 0.25) is 0 Å². The van der Waals surface area contributed by atoms with Gasteiger partial charge in [-0.25, -0.2) is 0 Å². The van der Waals surface area contributed by atoms with Gasteiger partial charge in [0.05, 0.1) is 4.62 Å². The van der Waals surface area contributed by atoms with Gasteiger partial charge in [-0.3, -0.25) is 0 Å². The van der Waals surface area contributed by atoms with Crippen molar-refractivity contribution in [2.45, 2.75) is 6.92 Å². The zero-order valence-corrected chi connectivity index (χ0v) is 15.1. The highest BCUT2D eigenvalue weighted by atomic mass is 32.1. The Bertz CT molecular complexity index is 992. The van der Waals surface area contributed by atoms with Crippen LogP contribution in [-0.2, 0) is 4.57 Å². The third-order valence-corrected chi connectivity index (χ3v) is 9.42. The lowest BCUT2D eigenvalue weighted by Gasteiger charge is -2.19. The summed E-state index contributed by atoms with van der Waals surface area (Å²) in [7, 11) is -2.87. The number of thiophene rings is 1. The van der Waals surface area contributed by atoms with Crippen molar-refractivity contribution in [2.75, 3.05) is 0 Å². The van der Waals surface area contributed by atoms with Crippen molar-refractivity contribution < 1.29 is 4.57 Å². The smallest absolute Gasteiger partial charge is 0.180 e. The molecular formula is C21H17OPS. The third kappa shape index (κ3) is 2.34. The standard InChI is InChI=1S/C21H17OPS/c1-16-19-14-8-9-15-20(19)24-21(16)23(22,17-10-4-2-5-11-17)18-12-6-3-7-13-18/h2-15H,1H3. The van der Waals surface area contributed by atoms with Gasteiger partial charge in [0.25, 0.3) is 0 Å². The van der Waals surface area contributed by atoms with Crippen LogP contribution in [0.1, 0.15) is 5.56 Å². The maximum absolute atomic E-state index is 14.4. The molecule has 24 heavy (non-hydrogen) atoms. The van der Waals surface area contributed by atoms with Gasteiger partial charge in [-0.15, -0.1) is 11.3 Å². The summed E-state index contributed by atoms with van der Waals surface area (Å²) >= 11 is 1.66. The van der Waals surface area contributed by atoms with Crippen molar-refractivity contribution in [2.24, 2.45) is 0 Å². The zero-order chi connectivity index (χ0) is 16.6. The van der Waals surface area contributed by atoms with Crippen LogP contribution >= 0.6 is 18.5 Å². The summed E-state index contributed by atoms with van der Waals surface area (Å²) in [5, 5.41) is 2.99. The second-order valence-corrected chi connectivity index (χ2v) is 9.86. The zero-order valence-electron chi connectivity index (χ0n) is 13.3. The maximum Gasteiger partial charge on any atom is 0.180 e. The molecule has 0 aliphatic heterocycles. The van der Waals surface area contributed by atoms with Crippen LogP contribution in [0.3, 0.4) is 0 Å². The number of hydrogen-bond donors (Lipinski definition) is 0. The lowest BCUT2D eigenvalue weighted by atomic mass is 10.2. The van der Waals surface area contributed by atoms with E-state index in [0.717, 1.165) is 20.8 Å². The summed E-state index contributed by atoms with van der Waals surface area (Å²) in [6, 6.07) is 28.0. The molecular weight excluding hydrogens is 331 g/mol. The van der Waals surface area contributed by atoms with E-state index in [0.29, 0.717) is 0 Å². The number of hydrogen-bond acceptors (Lipinski definition) is 2. The van der Waals surface area contributed by atoms with Crippen molar-refractivity contribution in [3.63, 3.8) is 0 Å². The van der Waals surface area contributed by atoms with Gasteiger partial charge in [-0.05, 0) is 23.9 Å². The lowest BCUT2D eigenvalue weighted by molar-refractivity contribution is 0.593. The van der Waals surface area contributed by atoms with Gasteiger partial charge in [-0.1, -0.05) is 78.9 Å². The Morgan fingerprint density at radius 1 is 0.708 bits per heavy atom. The van der Waals surface area contributed by atoms with Gasteiger partial charge in [0.15, 0.2) is 7.14 Å². The fraction of sp³-hybridized carbons (Fsp3) is 0.0476. The fourth-order valence-corrected chi connectivity index (χ4v) is 8.06. The first-order valence-electron chi connectivity index (χ1n) is 7.91.